The summed E-state index contributed by atoms with van der Waals surface area (Å²) in [5.74, 6) is 3.65. The van der Waals surface area contributed by atoms with Gasteiger partial charge in [-0.1, -0.05) is 0 Å². The summed E-state index contributed by atoms with van der Waals surface area (Å²) in [6, 6.07) is 6.59. The van der Waals surface area contributed by atoms with Crippen molar-refractivity contribution in [3.8, 4) is 5.75 Å². The SMILES string of the molecule is CC1Cc2cc(C(=O)N3CCC(N4CCSCC4)CC3)ccc2O1. The predicted octanol–water partition coefficient (Wildman–Crippen LogP) is 2.66. The van der Waals surface area contributed by atoms with Crippen molar-refractivity contribution in [3.63, 3.8) is 0 Å². The molecule has 4 nitrogen and oxygen atoms in total. The van der Waals surface area contributed by atoms with E-state index < -0.39 is 0 Å². The second-order valence-electron chi connectivity index (χ2n) is 7.13. The third kappa shape index (κ3) is 3.29. The Bertz CT molecular complexity index is 607. The van der Waals surface area contributed by atoms with E-state index in [1.807, 2.05) is 23.1 Å². The first-order valence-electron chi connectivity index (χ1n) is 9.11. The van der Waals surface area contributed by atoms with Gasteiger partial charge in [-0.2, -0.15) is 11.8 Å². The number of thioether (sulfide) groups is 1. The number of carbonyl (C=O) groups is 1. The van der Waals surface area contributed by atoms with E-state index >= 15 is 0 Å². The third-order valence-electron chi connectivity index (χ3n) is 5.46. The van der Waals surface area contributed by atoms with Gasteiger partial charge in [0.25, 0.3) is 5.91 Å². The first kappa shape index (κ1) is 16.3. The highest BCUT2D eigenvalue weighted by Crippen LogP contribution is 2.30. The molecule has 1 atom stereocenters. The predicted molar refractivity (Wildman–Crippen MR) is 98.1 cm³/mol. The Labute approximate surface area is 148 Å². The Balaban J connectivity index is 1.37. The van der Waals surface area contributed by atoms with Crippen LogP contribution in [0.3, 0.4) is 0 Å². The molecular weight excluding hydrogens is 320 g/mol. The molecule has 0 aromatic heterocycles. The van der Waals surface area contributed by atoms with Crippen LogP contribution in [0.1, 0.15) is 35.7 Å². The van der Waals surface area contributed by atoms with E-state index in [1.54, 1.807) is 0 Å². The lowest BCUT2D eigenvalue weighted by molar-refractivity contribution is 0.0631. The van der Waals surface area contributed by atoms with Gasteiger partial charge in [0.2, 0.25) is 0 Å². The second kappa shape index (κ2) is 6.96. The van der Waals surface area contributed by atoms with E-state index in [2.05, 4.69) is 23.6 Å². The van der Waals surface area contributed by atoms with Crippen molar-refractivity contribution in [2.24, 2.45) is 0 Å². The molecule has 0 aliphatic carbocycles. The Hall–Kier alpha value is -1.20. The van der Waals surface area contributed by atoms with Crippen LogP contribution in [0.4, 0.5) is 0 Å². The van der Waals surface area contributed by atoms with Crippen molar-refractivity contribution >= 4 is 17.7 Å². The van der Waals surface area contributed by atoms with Crippen LogP contribution in [0.25, 0.3) is 0 Å². The molecule has 1 amide bonds. The zero-order chi connectivity index (χ0) is 16.5. The summed E-state index contributed by atoms with van der Waals surface area (Å²) in [5, 5.41) is 0. The smallest absolute Gasteiger partial charge is 0.253 e. The Morgan fingerprint density at radius 1 is 1.17 bits per heavy atom. The normalized spacial score (nSPS) is 25.4. The summed E-state index contributed by atoms with van der Waals surface area (Å²) in [7, 11) is 0. The third-order valence-corrected chi connectivity index (χ3v) is 6.40. The van der Waals surface area contributed by atoms with Crippen LogP contribution in [0, 0.1) is 0 Å². The molecule has 1 unspecified atom stereocenters. The quantitative estimate of drug-likeness (QED) is 0.824. The van der Waals surface area contributed by atoms with Gasteiger partial charge in [-0.05, 0) is 43.5 Å². The molecule has 0 N–H and O–H groups in total. The van der Waals surface area contributed by atoms with Crippen LogP contribution in [0.15, 0.2) is 18.2 Å². The number of benzene rings is 1. The Kier molecular flexibility index (Phi) is 4.72. The Morgan fingerprint density at radius 3 is 2.67 bits per heavy atom. The zero-order valence-corrected chi connectivity index (χ0v) is 15.2. The molecule has 0 radical (unpaired) electrons. The second-order valence-corrected chi connectivity index (χ2v) is 8.35. The summed E-state index contributed by atoms with van der Waals surface area (Å²) in [6.45, 7) is 6.28. The maximum Gasteiger partial charge on any atom is 0.253 e. The molecule has 1 aromatic carbocycles. The topological polar surface area (TPSA) is 32.8 Å². The van der Waals surface area contributed by atoms with Crippen molar-refractivity contribution in [2.75, 3.05) is 37.7 Å². The van der Waals surface area contributed by atoms with E-state index in [4.69, 9.17) is 4.74 Å². The van der Waals surface area contributed by atoms with Gasteiger partial charge in [-0.3, -0.25) is 9.69 Å². The van der Waals surface area contributed by atoms with Gasteiger partial charge in [-0.25, -0.2) is 0 Å². The summed E-state index contributed by atoms with van der Waals surface area (Å²) in [6.07, 6.45) is 3.36. The first-order valence-corrected chi connectivity index (χ1v) is 10.3. The number of hydrogen-bond acceptors (Lipinski definition) is 4. The summed E-state index contributed by atoms with van der Waals surface area (Å²) < 4.78 is 5.74. The molecule has 2 fully saturated rings. The van der Waals surface area contributed by atoms with Crippen LogP contribution in [-0.4, -0.2) is 65.5 Å². The van der Waals surface area contributed by atoms with Crippen molar-refractivity contribution in [1.29, 1.82) is 0 Å². The average Bonchev–Trinajstić information content (AvgIpc) is 3.01. The number of piperidine rings is 1. The molecule has 4 rings (SSSR count). The van der Waals surface area contributed by atoms with Gasteiger partial charge in [0.05, 0.1) is 0 Å². The summed E-state index contributed by atoms with van der Waals surface area (Å²) in [4.78, 5) is 17.5. The highest BCUT2D eigenvalue weighted by atomic mass is 32.2. The van der Waals surface area contributed by atoms with Crippen molar-refractivity contribution in [2.45, 2.75) is 38.3 Å². The molecule has 0 bridgehead atoms. The minimum atomic E-state index is 0.185. The van der Waals surface area contributed by atoms with Gasteiger partial charge in [0, 0.05) is 55.7 Å². The number of nitrogens with zero attached hydrogens (tertiary/aromatic N) is 2. The minimum absolute atomic E-state index is 0.185. The van der Waals surface area contributed by atoms with Gasteiger partial charge < -0.3 is 9.64 Å². The number of ether oxygens (including phenoxy) is 1. The van der Waals surface area contributed by atoms with E-state index in [9.17, 15) is 4.79 Å². The lowest BCUT2D eigenvalue weighted by atomic mass is 10.0. The largest absolute Gasteiger partial charge is 0.490 e. The monoisotopic (exact) mass is 346 g/mol. The van der Waals surface area contributed by atoms with Crippen molar-refractivity contribution in [3.05, 3.63) is 29.3 Å². The molecule has 0 spiro atoms. The maximum absolute atomic E-state index is 12.8. The minimum Gasteiger partial charge on any atom is -0.490 e. The molecule has 0 saturated carbocycles. The lowest BCUT2D eigenvalue weighted by Crippen LogP contribution is -2.49. The number of carbonyl (C=O) groups excluding carboxylic acids is 1. The highest BCUT2D eigenvalue weighted by Gasteiger charge is 2.29. The van der Waals surface area contributed by atoms with E-state index in [0.29, 0.717) is 6.04 Å². The fourth-order valence-corrected chi connectivity index (χ4v) is 5.05. The average molecular weight is 346 g/mol. The first-order chi connectivity index (χ1) is 11.7. The fraction of sp³-hybridized carbons (Fsp3) is 0.632. The number of hydrogen-bond donors (Lipinski definition) is 0. The Morgan fingerprint density at radius 2 is 1.92 bits per heavy atom. The molecule has 3 aliphatic heterocycles. The molecule has 3 aliphatic rings. The number of rotatable bonds is 2. The van der Waals surface area contributed by atoms with Crippen LogP contribution in [-0.2, 0) is 6.42 Å². The lowest BCUT2D eigenvalue weighted by Gasteiger charge is -2.40. The molecule has 2 saturated heterocycles. The summed E-state index contributed by atoms with van der Waals surface area (Å²) in [5.41, 5.74) is 1.99. The fourth-order valence-electron chi connectivity index (χ4n) is 4.11. The standard InChI is InChI=1S/C19H26N2O2S/c1-14-12-16-13-15(2-3-18(16)23-14)19(22)21-6-4-17(5-7-21)20-8-10-24-11-9-20/h2-3,13-14,17H,4-12H2,1H3. The number of likely N-dealkylation sites (tertiary alicyclic amines) is 1. The molecule has 24 heavy (non-hydrogen) atoms. The maximum atomic E-state index is 12.8. The van der Waals surface area contributed by atoms with Gasteiger partial charge >= 0.3 is 0 Å². The summed E-state index contributed by atoms with van der Waals surface area (Å²) >= 11 is 2.06. The van der Waals surface area contributed by atoms with Crippen LogP contribution in [0.2, 0.25) is 0 Å². The molecule has 1 aromatic rings. The van der Waals surface area contributed by atoms with E-state index in [-0.39, 0.29) is 12.0 Å². The van der Waals surface area contributed by atoms with Gasteiger partial charge in [0.15, 0.2) is 0 Å². The van der Waals surface area contributed by atoms with Crippen LogP contribution < -0.4 is 4.74 Å². The number of fused-ring (bicyclic) bond motifs is 1. The number of amides is 1. The van der Waals surface area contributed by atoms with Crippen molar-refractivity contribution in [1.82, 2.24) is 9.80 Å². The van der Waals surface area contributed by atoms with Crippen LogP contribution >= 0.6 is 11.8 Å². The van der Waals surface area contributed by atoms with E-state index in [0.717, 1.165) is 43.7 Å². The molecular formula is C19H26N2O2S. The van der Waals surface area contributed by atoms with E-state index in [1.165, 1.54) is 30.2 Å². The molecule has 3 heterocycles. The van der Waals surface area contributed by atoms with Gasteiger partial charge in [0.1, 0.15) is 11.9 Å². The zero-order valence-electron chi connectivity index (χ0n) is 14.4. The highest BCUT2D eigenvalue weighted by molar-refractivity contribution is 7.99. The molecule has 5 heteroatoms. The van der Waals surface area contributed by atoms with Crippen LogP contribution in [0.5, 0.6) is 5.75 Å². The van der Waals surface area contributed by atoms with Gasteiger partial charge in [-0.15, -0.1) is 0 Å². The molecule has 130 valence electrons. The van der Waals surface area contributed by atoms with Crippen molar-refractivity contribution < 1.29 is 9.53 Å².